The third-order valence-electron chi connectivity index (χ3n) is 4.00. The first-order valence-electron chi connectivity index (χ1n) is 8.20. The van der Waals surface area contributed by atoms with Crippen LogP contribution in [0.2, 0.25) is 0 Å². The lowest BCUT2D eigenvalue weighted by Gasteiger charge is -2.12. The van der Waals surface area contributed by atoms with Crippen molar-refractivity contribution in [3.8, 4) is 11.5 Å². The van der Waals surface area contributed by atoms with E-state index in [-0.39, 0.29) is 11.7 Å². The number of carbonyl (C=O) groups is 3. The fourth-order valence-corrected chi connectivity index (χ4v) is 3.50. The molecule has 1 saturated heterocycles. The first-order chi connectivity index (χ1) is 13.5. The van der Waals surface area contributed by atoms with Crippen LogP contribution in [0.3, 0.4) is 0 Å². The summed E-state index contributed by atoms with van der Waals surface area (Å²) in [7, 11) is 0. The van der Waals surface area contributed by atoms with Crippen molar-refractivity contribution in [3.05, 3.63) is 58.8 Å². The molecule has 9 heteroatoms. The molecular weight excluding hydrogens is 387 g/mol. The number of benzene rings is 2. The molecule has 0 spiro atoms. The Labute approximate surface area is 163 Å². The number of thioether (sulfide) groups is 1. The normalized spacial score (nSPS) is 16.8. The van der Waals surface area contributed by atoms with E-state index in [4.69, 9.17) is 9.47 Å². The Hall–Kier alpha value is -3.33. The van der Waals surface area contributed by atoms with E-state index in [0.717, 1.165) is 16.7 Å². The topological polar surface area (TPSA) is 84.9 Å². The highest BCUT2D eigenvalue weighted by Gasteiger charge is 2.36. The van der Waals surface area contributed by atoms with E-state index in [1.54, 1.807) is 18.2 Å². The second kappa shape index (κ2) is 7.35. The van der Waals surface area contributed by atoms with Gasteiger partial charge in [-0.15, -0.1) is 0 Å². The van der Waals surface area contributed by atoms with Crippen LogP contribution < -0.4 is 14.8 Å². The molecule has 2 aromatic carbocycles. The molecule has 2 aliphatic heterocycles. The first kappa shape index (κ1) is 18.1. The molecule has 0 saturated carbocycles. The van der Waals surface area contributed by atoms with Crippen molar-refractivity contribution in [2.45, 2.75) is 0 Å². The molecule has 1 fully saturated rings. The van der Waals surface area contributed by atoms with Gasteiger partial charge in [-0.25, -0.2) is 4.39 Å². The molecule has 0 atom stereocenters. The van der Waals surface area contributed by atoms with Gasteiger partial charge in [-0.2, -0.15) is 0 Å². The zero-order valence-electron chi connectivity index (χ0n) is 14.3. The summed E-state index contributed by atoms with van der Waals surface area (Å²) in [4.78, 5) is 37.9. The van der Waals surface area contributed by atoms with Gasteiger partial charge < -0.3 is 14.8 Å². The SMILES string of the molecule is O=C(CN1C(=O)S/C(=C/c2ccc(F)cc2)C1=O)Nc1ccc2c(c1)OCO2. The molecule has 0 aliphatic carbocycles. The maximum Gasteiger partial charge on any atom is 0.294 e. The van der Waals surface area contributed by atoms with Gasteiger partial charge >= 0.3 is 0 Å². The minimum atomic E-state index is -0.569. The van der Waals surface area contributed by atoms with E-state index in [1.807, 2.05) is 0 Å². The van der Waals surface area contributed by atoms with Crippen LogP contribution in [0.1, 0.15) is 5.56 Å². The summed E-state index contributed by atoms with van der Waals surface area (Å²) in [6, 6.07) is 10.4. The van der Waals surface area contributed by atoms with E-state index in [0.29, 0.717) is 22.7 Å². The number of carbonyl (C=O) groups excluding carboxylic acids is 3. The van der Waals surface area contributed by atoms with Crippen LogP contribution in [0.5, 0.6) is 11.5 Å². The largest absolute Gasteiger partial charge is 0.454 e. The van der Waals surface area contributed by atoms with Crippen molar-refractivity contribution in [1.29, 1.82) is 0 Å². The number of hydrogen-bond acceptors (Lipinski definition) is 6. The van der Waals surface area contributed by atoms with Gasteiger partial charge in [-0.1, -0.05) is 12.1 Å². The lowest BCUT2D eigenvalue weighted by molar-refractivity contribution is -0.127. The highest BCUT2D eigenvalue weighted by molar-refractivity contribution is 8.18. The molecule has 2 aromatic rings. The maximum absolute atomic E-state index is 13.0. The maximum atomic E-state index is 13.0. The summed E-state index contributed by atoms with van der Waals surface area (Å²) in [5, 5.41) is 2.08. The number of hydrogen-bond donors (Lipinski definition) is 1. The van der Waals surface area contributed by atoms with Gasteiger partial charge in [0.1, 0.15) is 12.4 Å². The zero-order valence-corrected chi connectivity index (χ0v) is 15.1. The van der Waals surface area contributed by atoms with E-state index >= 15 is 0 Å². The molecular formula is C19H13FN2O5S. The first-order valence-corrected chi connectivity index (χ1v) is 9.02. The van der Waals surface area contributed by atoms with Crippen LogP contribution in [0.15, 0.2) is 47.4 Å². The van der Waals surface area contributed by atoms with Crippen LogP contribution in [0.25, 0.3) is 6.08 Å². The fourth-order valence-electron chi connectivity index (χ4n) is 2.67. The molecule has 0 radical (unpaired) electrons. The van der Waals surface area contributed by atoms with Gasteiger partial charge in [0.25, 0.3) is 11.1 Å². The predicted octanol–water partition coefficient (Wildman–Crippen LogP) is 3.23. The molecule has 0 bridgehead atoms. The summed E-state index contributed by atoms with van der Waals surface area (Å²) < 4.78 is 23.4. The number of anilines is 1. The Balaban J connectivity index is 1.42. The summed E-state index contributed by atoms with van der Waals surface area (Å²) >= 11 is 0.734. The van der Waals surface area contributed by atoms with Crippen molar-refractivity contribution in [2.75, 3.05) is 18.7 Å². The van der Waals surface area contributed by atoms with Crippen molar-refractivity contribution >= 4 is 40.6 Å². The fraction of sp³-hybridized carbons (Fsp3) is 0.105. The molecule has 3 amide bonds. The lowest BCUT2D eigenvalue weighted by Crippen LogP contribution is -2.36. The summed E-state index contributed by atoms with van der Waals surface area (Å²) in [6.07, 6.45) is 1.49. The number of amides is 3. The van der Waals surface area contributed by atoms with E-state index in [9.17, 15) is 18.8 Å². The minimum absolute atomic E-state index is 0.115. The van der Waals surface area contributed by atoms with Gasteiger partial charge in [-0.05, 0) is 47.7 Å². The van der Waals surface area contributed by atoms with Gasteiger partial charge in [0.2, 0.25) is 12.7 Å². The number of ether oxygens (including phenoxy) is 2. The number of fused-ring (bicyclic) bond motifs is 1. The second-order valence-electron chi connectivity index (χ2n) is 5.94. The molecule has 0 unspecified atom stereocenters. The summed E-state index contributed by atoms with van der Waals surface area (Å²) in [5.41, 5.74) is 1.04. The molecule has 2 aliphatic rings. The van der Waals surface area contributed by atoms with E-state index in [2.05, 4.69) is 5.32 Å². The Bertz CT molecular complexity index is 1010. The Morgan fingerprint density at radius 2 is 1.89 bits per heavy atom. The Morgan fingerprint density at radius 1 is 1.14 bits per heavy atom. The van der Waals surface area contributed by atoms with Gasteiger partial charge in [-0.3, -0.25) is 19.3 Å². The van der Waals surface area contributed by atoms with E-state index in [1.165, 1.54) is 30.3 Å². The van der Waals surface area contributed by atoms with Gasteiger partial charge in [0.05, 0.1) is 4.91 Å². The molecule has 1 N–H and O–H groups in total. The number of halogens is 1. The Morgan fingerprint density at radius 3 is 2.68 bits per heavy atom. The predicted molar refractivity (Wildman–Crippen MR) is 100 cm³/mol. The third kappa shape index (κ3) is 3.70. The second-order valence-corrected chi connectivity index (χ2v) is 6.93. The number of nitrogens with zero attached hydrogens (tertiary/aromatic N) is 1. The quantitative estimate of drug-likeness (QED) is 0.794. The molecule has 7 nitrogen and oxygen atoms in total. The number of rotatable bonds is 4. The smallest absolute Gasteiger partial charge is 0.294 e. The molecule has 0 aromatic heterocycles. The van der Waals surface area contributed by atoms with Crippen molar-refractivity contribution in [1.82, 2.24) is 4.90 Å². The highest BCUT2D eigenvalue weighted by Crippen LogP contribution is 2.35. The monoisotopic (exact) mass is 400 g/mol. The molecule has 142 valence electrons. The van der Waals surface area contributed by atoms with Crippen LogP contribution >= 0.6 is 11.8 Å². The van der Waals surface area contributed by atoms with Crippen LogP contribution in [-0.2, 0) is 9.59 Å². The summed E-state index contributed by atoms with van der Waals surface area (Å²) in [5.74, 6) is -0.407. The average molecular weight is 400 g/mol. The van der Waals surface area contributed by atoms with Gasteiger partial charge in [0.15, 0.2) is 11.5 Å². The number of imide groups is 1. The molecule has 2 heterocycles. The van der Waals surface area contributed by atoms with Crippen molar-refractivity contribution in [3.63, 3.8) is 0 Å². The average Bonchev–Trinajstić information content (AvgIpc) is 3.23. The third-order valence-corrected chi connectivity index (χ3v) is 4.91. The zero-order chi connectivity index (χ0) is 19.7. The van der Waals surface area contributed by atoms with Crippen molar-refractivity contribution in [2.24, 2.45) is 0 Å². The molecule has 28 heavy (non-hydrogen) atoms. The lowest BCUT2D eigenvalue weighted by atomic mass is 10.2. The van der Waals surface area contributed by atoms with Crippen LogP contribution in [0, 0.1) is 5.82 Å². The van der Waals surface area contributed by atoms with E-state index < -0.39 is 29.4 Å². The van der Waals surface area contributed by atoms with Crippen LogP contribution in [0.4, 0.5) is 14.9 Å². The molecule has 4 rings (SSSR count). The highest BCUT2D eigenvalue weighted by atomic mass is 32.2. The summed E-state index contributed by atoms with van der Waals surface area (Å²) in [6.45, 7) is -0.302. The minimum Gasteiger partial charge on any atom is -0.454 e. The number of nitrogens with one attached hydrogen (secondary N) is 1. The van der Waals surface area contributed by atoms with Crippen molar-refractivity contribution < 1.29 is 28.2 Å². The standard InChI is InChI=1S/C19H13FN2O5S/c20-12-3-1-11(2-4-12)7-16-18(24)22(19(25)28-16)9-17(23)21-13-5-6-14-15(8-13)27-10-26-14/h1-8H,9-10H2,(H,21,23)/b16-7+. The Kier molecular flexibility index (Phi) is 4.74. The van der Waals surface area contributed by atoms with Crippen LogP contribution in [-0.4, -0.2) is 35.3 Å². The van der Waals surface area contributed by atoms with Gasteiger partial charge in [0, 0.05) is 11.8 Å².